The molecule has 0 fully saturated rings. The van der Waals surface area contributed by atoms with E-state index in [4.69, 9.17) is 9.47 Å². The number of carbonyl (C=O) groups is 1. The van der Waals surface area contributed by atoms with E-state index in [1.165, 1.54) is 25.7 Å². The molecule has 2 aromatic carbocycles. The first-order valence-electron chi connectivity index (χ1n) is 7.97. The zero-order valence-electron chi connectivity index (χ0n) is 14.5. The molecule has 3 rings (SSSR count). The summed E-state index contributed by atoms with van der Waals surface area (Å²) >= 11 is 0. The van der Waals surface area contributed by atoms with E-state index in [1.807, 2.05) is 0 Å². The molecule has 1 aromatic heterocycles. The number of carbonyl (C=O) groups excluding carboxylic acids is 1. The molecule has 0 saturated heterocycles. The van der Waals surface area contributed by atoms with Gasteiger partial charge in [0.1, 0.15) is 17.2 Å². The van der Waals surface area contributed by atoms with Crippen molar-refractivity contribution in [2.75, 3.05) is 12.4 Å². The quantitative estimate of drug-likeness (QED) is 0.693. The lowest BCUT2D eigenvalue weighted by molar-refractivity contribution is -0.137. The van der Waals surface area contributed by atoms with Gasteiger partial charge in [-0.15, -0.1) is 0 Å². The maximum atomic E-state index is 13.1. The molecule has 6 nitrogen and oxygen atoms in total. The Hall–Kier alpha value is -3.62. The Morgan fingerprint density at radius 3 is 2.54 bits per heavy atom. The lowest BCUT2D eigenvalue weighted by Crippen LogP contribution is -2.15. The highest BCUT2D eigenvalue weighted by molar-refractivity contribution is 6.03. The monoisotopic (exact) mass is 389 g/mol. The van der Waals surface area contributed by atoms with Gasteiger partial charge in [-0.05, 0) is 30.3 Å². The molecule has 9 heteroatoms. The highest BCUT2D eigenvalue weighted by Gasteiger charge is 2.31. The Labute approximate surface area is 158 Å². The van der Waals surface area contributed by atoms with Crippen molar-refractivity contribution in [3.63, 3.8) is 0 Å². The molecule has 3 aromatic rings. The zero-order chi connectivity index (χ0) is 20.1. The Bertz CT molecular complexity index is 979. The standard InChI is InChI=1S/C19H14F3N3O3/c1-27-13-3-2-4-14(10-13)28-17-6-5-12(19(20,21)22)9-15(17)25-18(26)16-11-23-7-8-24-16/h2-11H,1H3,(H,25,26). The van der Waals surface area contributed by atoms with Gasteiger partial charge in [0.25, 0.3) is 5.91 Å². The number of ether oxygens (including phenoxy) is 2. The molecule has 0 bridgehead atoms. The fraction of sp³-hybridized carbons (Fsp3) is 0.105. The summed E-state index contributed by atoms with van der Waals surface area (Å²) in [6.45, 7) is 0. The summed E-state index contributed by atoms with van der Waals surface area (Å²) in [6.07, 6.45) is -0.709. The maximum absolute atomic E-state index is 13.1. The fourth-order valence-electron chi connectivity index (χ4n) is 2.29. The molecule has 0 aliphatic heterocycles. The van der Waals surface area contributed by atoms with Crippen molar-refractivity contribution < 1.29 is 27.4 Å². The van der Waals surface area contributed by atoms with Gasteiger partial charge in [0, 0.05) is 18.5 Å². The van der Waals surface area contributed by atoms with E-state index in [0.29, 0.717) is 11.5 Å². The number of anilines is 1. The average Bonchev–Trinajstić information content (AvgIpc) is 2.69. The van der Waals surface area contributed by atoms with Gasteiger partial charge < -0.3 is 14.8 Å². The van der Waals surface area contributed by atoms with Crippen LogP contribution in [-0.4, -0.2) is 23.0 Å². The number of halogens is 3. The van der Waals surface area contributed by atoms with Crippen LogP contribution in [0.15, 0.2) is 61.1 Å². The molecule has 0 spiro atoms. The first-order chi connectivity index (χ1) is 13.4. The van der Waals surface area contributed by atoms with Gasteiger partial charge in [-0.2, -0.15) is 13.2 Å². The molecule has 28 heavy (non-hydrogen) atoms. The minimum Gasteiger partial charge on any atom is -0.497 e. The van der Waals surface area contributed by atoms with Crippen molar-refractivity contribution in [2.45, 2.75) is 6.18 Å². The first kappa shape index (κ1) is 19.2. The van der Waals surface area contributed by atoms with E-state index in [-0.39, 0.29) is 17.1 Å². The molecule has 1 amide bonds. The number of hydrogen-bond donors (Lipinski definition) is 1. The summed E-state index contributed by atoms with van der Waals surface area (Å²) in [5, 5.41) is 2.39. The van der Waals surface area contributed by atoms with Crippen LogP contribution in [0.2, 0.25) is 0 Å². The molecule has 0 saturated carbocycles. The van der Waals surface area contributed by atoms with E-state index >= 15 is 0 Å². The summed E-state index contributed by atoms with van der Waals surface area (Å²) < 4.78 is 50.0. The lowest BCUT2D eigenvalue weighted by Gasteiger charge is -2.15. The minimum atomic E-state index is -4.58. The summed E-state index contributed by atoms with van der Waals surface area (Å²) in [5.41, 5.74) is -1.14. The average molecular weight is 389 g/mol. The normalized spacial score (nSPS) is 11.0. The summed E-state index contributed by atoms with van der Waals surface area (Å²) in [6, 6.07) is 9.32. The summed E-state index contributed by atoms with van der Waals surface area (Å²) in [4.78, 5) is 19.9. The van der Waals surface area contributed by atoms with Gasteiger partial charge in [0.15, 0.2) is 5.75 Å². The van der Waals surface area contributed by atoms with Crippen molar-refractivity contribution in [3.05, 3.63) is 72.3 Å². The predicted molar refractivity (Wildman–Crippen MR) is 94.5 cm³/mol. The van der Waals surface area contributed by atoms with Gasteiger partial charge in [0.05, 0.1) is 24.6 Å². The smallest absolute Gasteiger partial charge is 0.416 e. The summed E-state index contributed by atoms with van der Waals surface area (Å²) in [5.74, 6) is 0.144. The number of benzene rings is 2. The largest absolute Gasteiger partial charge is 0.497 e. The number of amides is 1. The Balaban J connectivity index is 1.95. The van der Waals surface area contributed by atoms with Crippen LogP contribution in [0.1, 0.15) is 16.1 Å². The minimum absolute atomic E-state index is 0.0264. The van der Waals surface area contributed by atoms with Gasteiger partial charge >= 0.3 is 6.18 Å². The molecule has 0 atom stereocenters. The molecule has 0 unspecified atom stereocenters. The number of alkyl halides is 3. The van der Waals surface area contributed by atoms with Crippen LogP contribution in [0, 0.1) is 0 Å². The number of nitrogens with one attached hydrogen (secondary N) is 1. The maximum Gasteiger partial charge on any atom is 0.416 e. The molecule has 0 aliphatic rings. The molecule has 144 valence electrons. The first-order valence-corrected chi connectivity index (χ1v) is 7.97. The van der Waals surface area contributed by atoms with Crippen LogP contribution in [0.25, 0.3) is 0 Å². The number of nitrogens with zero attached hydrogens (tertiary/aromatic N) is 2. The van der Waals surface area contributed by atoms with Crippen LogP contribution in [0.3, 0.4) is 0 Å². The molecule has 0 radical (unpaired) electrons. The molecule has 0 aliphatic carbocycles. The fourth-order valence-corrected chi connectivity index (χ4v) is 2.29. The SMILES string of the molecule is COc1cccc(Oc2ccc(C(F)(F)F)cc2NC(=O)c2cnccn2)c1. The van der Waals surface area contributed by atoms with Crippen LogP contribution in [0.4, 0.5) is 18.9 Å². The van der Waals surface area contributed by atoms with E-state index in [2.05, 4.69) is 15.3 Å². The Kier molecular flexibility index (Phi) is 5.44. The van der Waals surface area contributed by atoms with Crippen molar-refractivity contribution in [1.29, 1.82) is 0 Å². The molecular formula is C19H14F3N3O3. The van der Waals surface area contributed by atoms with Gasteiger partial charge in [-0.1, -0.05) is 6.07 Å². The van der Waals surface area contributed by atoms with Crippen molar-refractivity contribution in [1.82, 2.24) is 9.97 Å². The van der Waals surface area contributed by atoms with Crippen LogP contribution in [0.5, 0.6) is 17.2 Å². The molecule has 1 heterocycles. The third-order valence-electron chi connectivity index (χ3n) is 3.62. The van der Waals surface area contributed by atoms with E-state index in [1.54, 1.807) is 24.3 Å². The Morgan fingerprint density at radius 1 is 1.07 bits per heavy atom. The molecular weight excluding hydrogens is 375 g/mol. The molecule has 1 N–H and O–H groups in total. The predicted octanol–water partition coefficient (Wildman–Crippen LogP) is 4.55. The number of rotatable bonds is 5. The number of aromatic nitrogens is 2. The van der Waals surface area contributed by atoms with Gasteiger partial charge in [-0.25, -0.2) is 4.98 Å². The second kappa shape index (κ2) is 7.95. The topological polar surface area (TPSA) is 73.3 Å². The highest BCUT2D eigenvalue weighted by Crippen LogP contribution is 2.37. The number of methoxy groups -OCH3 is 1. The van der Waals surface area contributed by atoms with Crippen molar-refractivity contribution in [3.8, 4) is 17.2 Å². The zero-order valence-corrected chi connectivity index (χ0v) is 14.5. The van der Waals surface area contributed by atoms with E-state index in [9.17, 15) is 18.0 Å². The van der Waals surface area contributed by atoms with Crippen LogP contribution in [-0.2, 0) is 6.18 Å². The summed E-state index contributed by atoms with van der Waals surface area (Å²) in [7, 11) is 1.48. The second-order valence-electron chi connectivity index (χ2n) is 5.53. The highest BCUT2D eigenvalue weighted by atomic mass is 19.4. The third kappa shape index (κ3) is 4.56. The van der Waals surface area contributed by atoms with E-state index < -0.39 is 17.6 Å². The number of hydrogen-bond acceptors (Lipinski definition) is 5. The Morgan fingerprint density at radius 2 is 1.86 bits per heavy atom. The van der Waals surface area contributed by atoms with Crippen LogP contribution >= 0.6 is 0 Å². The van der Waals surface area contributed by atoms with Crippen molar-refractivity contribution >= 4 is 11.6 Å². The van der Waals surface area contributed by atoms with Gasteiger partial charge in [0.2, 0.25) is 0 Å². The van der Waals surface area contributed by atoms with Crippen molar-refractivity contribution in [2.24, 2.45) is 0 Å². The van der Waals surface area contributed by atoms with E-state index in [0.717, 1.165) is 18.2 Å². The third-order valence-corrected chi connectivity index (χ3v) is 3.62. The van der Waals surface area contributed by atoms with Gasteiger partial charge in [-0.3, -0.25) is 9.78 Å². The van der Waals surface area contributed by atoms with Crippen LogP contribution < -0.4 is 14.8 Å². The second-order valence-corrected chi connectivity index (χ2v) is 5.53. The lowest BCUT2D eigenvalue weighted by atomic mass is 10.1.